The lowest BCUT2D eigenvalue weighted by Gasteiger charge is -2.35. The third-order valence-electron chi connectivity index (χ3n) is 5.00. The molecular formula is C18H25ClN2O4. The Morgan fingerprint density at radius 1 is 1.32 bits per heavy atom. The number of nitrogens with zero attached hydrogens (tertiary/aromatic N) is 1. The first kappa shape index (κ1) is 19.5. The molecule has 7 heteroatoms. The second-order valence-corrected chi connectivity index (χ2v) is 6.58. The minimum atomic E-state index is -0.773. The van der Waals surface area contributed by atoms with Crippen LogP contribution in [0.3, 0.4) is 0 Å². The molecule has 3 rings (SSSR count). The smallest absolute Gasteiger partial charge is 0.307 e. The maximum absolute atomic E-state index is 12.7. The average molecular weight is 369 g/mol. The zero-order chi connectivity index (χ0) is 17.1. The van der Waals surface area contributed by atoms with Crippen molar-refractivity contribution >= 4 is 24.3 Å². The number of piperidine rings is 1. The van der Waals surface area contributed by atoms with Gasteiger partial charge in [-0.25, -0.2) is 0 Å². The highest BCUT2D eigenvalue weighted by atomic mass is 35.5. The average Bonchev–Trinajstić information content (AvgIpc) is 2.61. The number of para-hydroxylation sites is 1. The Bertz CT molecular complexity index is 625. The monoisotopic (exact) mass is 368 g/mol. The maximum atomic E-state index is 12.7. The molecule has 2 heterocycles. The number of hydrogen-bond donors (Lipinski definition) is 2. The van der Waals surface area contributed by atoms with Gasteiger partial charge < -0.3 is 15.2 Å². The van der Waals surface area contributed by atoms with Gasteiger partial charge in [-0.3, -0.25) is 14.5 Å². The molecule has 2 N–H and O–H groups in total. The largest absolute Gasteiger partial charge is 0.493 e. The molecule has 1 aromatic rings. The number of carboxylic acids is 1. The number of benzene rings is 1. The van der Waals surface area contributed by atoms with E-state index in [0.717, 1.165) is 30.7 Å². The van der Waals surface area contributed by atoms with Crippen LogP contribution in [0.25, 0.3) is 0 Å². The van der Waals surface area contributed by atoms with Crippen molar-refractivity contribution in [1.82, 2.24) is 10.2 Å². The second-order valence-electron chi connectivity index (χ2n) is 6.58. The van der Waals surface area contributed by atoms with Crippen LogP contribution in [0, 0.1) is 5.92 Å². The normalized spacial score (nSPS) is 24.2. The molecular weight excluding hydrogens is 344 g/mol. The Labute approximate surface area is 153 Å². The van der Waals surface area contributed by atoms with Gasteiger partial charge in [0.1, 0.15) is 5.75 Å². The summed E-state index contributed by atoms with van der Waals surface area (Å²) < 4.78 is 5.63. The van der Waals surface area contributed by atoms with E-state index in [1.807, 2.05) is 36.1 Å². The van der Waals surface area contributed by atoms with Gasteiger partial charge in [-0.05, 0) is 32.4 Å². The molecule has 3 unspecified atom stereocenters. The molecule has 0 spiro atoms. The van der Waals surface area contributed by atoms with Crippen LogP contribution >= 0.6 is 12.4 Å². The lowest BCUT2D eigenvalue weighted by atomic mass is 9.96. The number of nitrogens with one attached hydrogen (secondary N) is 1. The van der Waals surface area contributed by atoms with E-state index in [0.29, 0.717) is 19.6 Å². The molecule has 1 fully saturated rings. The predicted molar refractivity (Wildman–Crippen MR) is 96.1 cm³/mol. The minimum absolute atomic E-state index is 0. The molecule has 0 bridgehead atoms. The molecule has 6 nitrogen and oxygen atoms in total. The van der Waals surface area contributed by atoms with Crippen LogP contribution in [0.2, 0.25) is 0 Å². The van der Waals surface area contributed by atoms with E-state index in [9.17, 15) is 14.7 Å². The minimum Gasteiger partial charge on any atom is -0.493 e. The van der Waals surface area contributed by atoms with E-state index in [2.05, 4.69) is 5.32 Å². The molecule has 2 aliphatic heterocycles. The molecule has 1 saturated heterocycles. The molecule has 1 amide bonds. The summed E-state index contributed by atoms with van der Waals surface area (Å²) in [5.41, 5.74) is 1.01. The second kappa shape index (κ2) is 8.54. The number of rotatable bonds is 4. The van der Waals surface area contributed by atoms with Gasteiger partial charge in [-0.2, -0.15) is 0 Å². The fourth-order valence-electron chi connectivity index (χ4n) is 3.51. The highest BCUT2D eigenvalue weighted by Gasteiger charge is 2.32. The van der Waals surface area contributed by atoms with Crippen molar-refractivity contribution in [2.24, 2.45) is 5.92 Å². The lowest BCUT2D eigenvalue weighted by Crippen LogP contribution is -2.51. The molecule has 3 atom stereocenters. The predicted octanol–water partition coefficient (Wildman–Crippen LogP) is 2.23. The van der Waals surface area contributed by atoms with Crippen LogP contribution in [0.4, 0.5) is 0 Å². The summed E-state index contributed by atoms with van der Waals surface area (Å²) in [6, 6.07) is 7.38. The van der Waals surface area contributed by atoms with Gasteiger partial charge in [0.25, 0.3) is 0 Å². The standard InChI is InChI=1S/C18H24N2O4.ClH/c1-12(20-9-4-5-13(11-20)18(22)23)17(21)19-15-8-10-24-16-7-3-2-6-14(15)16;/h2-3,6-7,12-13,15H,4-5,8-11H2,1H3,(H,19,21)(H,22,23);1H. The maximum Gasteiger partial charge on any atom is 0.307 e. The van der Waals surface area contributed by atoms with Crippen molar-refractivity contribution in [2.45, 2.75) is 38.3 Å². The first-order chi connectivity index (χ1) is 11.6. The summed E-state index contributed by atoms with van der Waals surface area (Å²) in [6.07, 6.45) is 2.25. The molecule has 1 aromatic carbocycles. The Morgan fingerprint density at radius 2 is 2.08 bits per heavy atom. The topological polar surface area (TPSA) is 78.9 Å². The number of likely N-dealkylation sites (tertiary alicyclic amines) is 1. The fraction of sp³-hybridized carbons (Fsp3) is 0.556. The van der Waals surface area contributed by atoms with Crippen molar-refractivity contribution in [3.63, 3.8) is 0 Å². The molecule has 25 heavy (non-hydrogen) atoms. The van der Waals surface area contributed by atoms with Gasteiger partial charge in [0.2, 0.25) is 5.91 Å². The van der Waals surface area contributed by atoms with Gasteiger partial charge in [0.15, 0.2) is 0 Å². The summed E-state index contributed by atoms with van der Waals surface area (Å²) in [6.45, 7) is 3.64. The summed E-state index contributed by atoms with van der Waals surface area (Å²) in [7, 11) is 0. The van der Waals surface area contributed by atoms with E-state index >= 15 is 0 Å². The first-order valence-electron chi connectivity index (χ1n) is 8.55. The number of fused-ring (bicyclic) bond motifs is 1. The SMILES string of the molecule is CC(C(=O)NC1CCOc2ccccc21)N1CCCC(C(=O)O)C1.Cl. The number of amides is 1. The van der Waals surface area contributed by atoms with Gasteiger partial charge in [-0.15, -0.1) is 12.4 Å². The third-order valence-corrected chi connectivity index (χ3v) is 5.00. The summed E-state index contributed by atoms with van der Waals surface area (Å²) >= 11 is 0. The van der Waals surface area contributed by atoms with E-state index in [1.54, 1.807) is 0 Å². The number of hydrogen-bond acceptors (Lipinski definition) is 4. The summed E-state index contributed by atoms with van der Waals surface area (Å²) in [4.78, 5) is 25.8. The van der Waals surface area contributed by atoms with Gasteiger partial charge >= 0.3 is 5.97 Å². The van der Waals surface area contributed by atoms with Crippen molar-refractivity contribution in [1.29, 1.82) is 0 Å². The number of carbonyl (C=O) groups excluding carboxylic acids is 1. The molecule has 2 aliphatic rings. The quantitative estimate of drug-likeness (QED) is 0.852. The van der Waals surface area contributed by atoms with Gasteiger partial charge in [0, 0.05) is 18.5 Å². The van der Waals surface area contributed by atoms with Crippen molar-refractivity contribution in [3.8, 4) is 5.75 Å². The van der Waals surface area contributed by atoms with Gasteiger partial charge in [0.05, 0.1) is 24.6 Å². The Kier molecular flexibility index (Phi) is 6.67. The Hall–Kier alpha value is -1.79. The van der Waals surface area contributed by atoms with Crippen LogP contribution in [0.1, 0.15) is 37.8 Å². The Balaban J connectivity index is 0.00000225. The van der Waals surface area contributed by atoms with Crippen LogP contribution in [0.5, 0.6) is 5.75 Å². The third kappa shape index (κ3) is 4.44. The van der Waals surface area contributed by atoms with E-state index in [1.165, 1.54) is 0 Å². The van der Waals surface area contributed by atoms with Gasteiger partial charge in [-0.1, -0.05) is 18.2 Å². The molecule has 0 aliphatic carbocycles. The number of carbonyl (C=O) groups is 2. The van der Waals surface area contributed by atoms with Crippen LogP contribution in [-0.2, 0) is 9.59 Å². The van der Waals surface area contributed by atoms with Crippen molar-refractivity contribution in [3.05, 3.63) is 29.8 Å². The number of halogens is 1. The summed E-state index contributed by atoms with van der Waals surface area (Å²) in [5, 5.41) is 12.3. The zero-order valence-electron chi connectivity index (χ0n) is 14.3. The first-order valence-corrected chi connectivity index (χ1v) is 8.55. The van der Waals surface area contributed by atoms with E-state index < -0.39 is 5.97 Å². The zero-order valence-corrected chi connectivity index (χ0v) is 15.1. The number of carboxylic acid groups (broad SMARTS) is 1. The van der Waals surface area contributed by atoms with Crippen LogP contribution in [0.15, 0.2) is 24.3 Å². The van der Waals surface area contributed by atoms with Crippen LogP contribution < -0.4 is 10.1 Å². The van der Waals surface area contributed by atoms with Crippen molar-refractivity contribution in [2.75, 3.05) is 19.7 Å². The van der Waals surface area contributed by atoms with Crippen LogP contribution in [-0.4, -0.2) is 47.6 Å². The molecule has 0 saturated carbocycles. The molecule has 0 radical (unpaired) electrons. The molecule has 0 aromatic heterocycles. The summed E-state index contributed by atoms with van der Waals surface area (Å²) in [5.74, 6) is -0.378. The fourth-order valence-corrected chi connectivity index (χ4v) is 3.51. The van der Waals surface area contributed by atoms with E-state index in [-0.39, 0.29) is 36.3 Å². The number of ether oxygens (including phenoxy) is 1. The lowest BCUT2D eigenvalue weighted by molar-refractivity contribution is -0.145. The highest BCUT2D eigenvalue weighted by molar-refractivity contribution is 5.85. The van der Waals surface area contributed by atoms with Crippen molar-refractivity contribution < 1.29 is 19.4 Å². The number of aliphatic carboxylic acids is 1. The van der Waals surface area contributed by atoms with E-state index in [4.69, 9.17) is 4.74 Å². The molecule has 138 valence electrons. The Morgan fingerprint density at radius 3 is 2.84 bits per heavy atom. The highest BCUT2D eigenvalue weighted by Crippen LogP contribution is 2.31.